The highest BCUT2D eigenvalue weighted by Crippen LogP contribution is 2.29. The minimum absolute atomic E-state index is 0.213. The van der Waals surface area contributed by atoms with Crippen molar-refractivity contribution < 1.29 is 13.2 Å². The van der Waals surface area contributed by atoms with Crippen molar-refractivity contribution in [1.29, 1.82) is 0 Å². The quantitative estimate of drug-likeness (QED) is 0.781. The lowest BCUT2D eigenvalue weighted by Gasteiger charge is -2.28. The fourth-order valence-electron chi connectivity index (χ4n) is 2.59. The molecule has 0 fully saturated rings. The molecule has 0 bridgehead atoms. The highest BCUT2D eigenvalue weighted by molar-refractivity contribution is 7.92. The van der Waals surface area contributed by atoms with Gasteiger partial charge in [0, 0.05) is 6.54 Å². The third-order valence-corrected chi connectivity index (χ3v) is 5.78. The number of benzene rings is 2. The van der Waals surface area contributed by atoms with Crippen LogP contribution < -0.4 is 9.62 Å². The van der Waals surface area contributed by atoms with Crippen molar-refractivity contribution in [3.63, 3.8) is 0 Å². The van der Waals surface area contributed by atoms with E-state index >= 15 is 0 Å². The SMILES string of the molecule is Cc1cccc(CNC(=O)C(C)N(c2ccc(Cl)c(Cl)c2)S(C)(=O)=O)c1. The van der Waals surface area contributed by atoms with Gasteiger partial charge in [0.1, 0.15) is 6.04 Å². The number of carbonyl (C=O) groups excluding carboxylic acids is 1. The van der Waals surface area contributed by atoms with Crippen LogP contribution in [-0.4, -0.2) is 26.6 Å². The first kappa shape index (κ1) is 20.6. The van der Waals surface area contributed by atoms with Crippen LogP contribution in [0.15, 0.2) is 42.5 Å². The molecule has 0 radical (unpaired) electrons. The Morgan fingerprint density at radius 3 is 2.42 bits per heavy atom. The van der Waals surface area contributed by atoms with Crippen LogP contribution >= 0.6 is 23.2 Å². The van der Waals surface area contributed by atoms with Gasteiger partial charge in [0.25, 0.3) is 0 Å². The maximum atomic E-state index is 12.5. The summed E-state index contributed by atoms with van der Waals surface area (Å²) in [5.74, 6) is -0.414. The molecule has 2 aromatic rings. The molecule has 5 nitrogen and oxygen atoms in total. The lowest BCUT2D eigenvalue weighted by molar-refractivity contribution is -0.122. The highest BCUT2D eigenvalue weighted by Gasteiger charge is 2.29. The summed E-state index contributed by atoms with van der Waals surface area (Å²) in [6, 6.07) is 11.2. The zero-order chi connectivity index (χ0) is 19.5. The van der Waals surface area contributed by atoms with Crippen molar-refractivity contribution in [3.05, 3.63) is 63.6 Å². The number of hydrogen-bond donors (Lipinski definition) is 1. The minimum Gasteiger partial charge on any atom is -0.350 e. The number of aryl methyl sites for hydroxylation is 1. The maximum Gasteiger partial charge on any atom is 0.243 e. The number of nitrogens with zero attached hydrogens (tertiary/aromatic N) is 1. The van der Waals surface area contributed by atoms with Gasteiger partial charge in [-0.2, -0.15) is 0 Å². The normalized spacial score (nSPS) is 12.5. The van der Waals surface area contributed by atoms with Gasteiger partial charge in [-0.1, -0.05) is 53.0 Å². The molecule has 1 unspecified atom stereocenters. The summed E-state index contributed by atoms with van der Waals surface area (Å²) in [4.78, 5) is 12.5. The number of nitrogens with one attached hydrogen (secondary N) is 1. The molecule has 0 spiro atoms. The van der Waals surface area contributed by atoms with Gasteiger partial charge in [0.05, 0.1) is 22.0 Å². The average Bonchev–Trinajstić information content (AvgIpc) is 2.55. The molecule has 0 saturated carbocycles. The zero-order valence-corrected chi connectivity index (χ0v) is 17.0. The number of anilines is 1. The van der Waals surface area contributed by atoms with Crippen molar-refractivity contribution in [2.75, 3.05) is 10.6 Å². The lowest BCUT2D eigenvalue weighted by atomic mass is 10.1. The minimum atomic E-state index is -3.71. The van der Waals surface area contributed by atoms with Gasteiger partial charge < -0.3 is 5.32 Å². The van der Waals surface area contributed by atoms with Crippen LogP contribution in [0.2, 0.25) is 10.0 Å². The summed E-state index contributed by atoms with van der Waals surface area (Å²) in [6.45, 7) is 3.79. The lowest BCUT2D eigenvalue weighted by Crippen LogP contribution is -2.47. The molecule has 1 N–H and O–H groups in total. The standard InChI is InChI=1S/C18H20Cl2N2O3S/c1-12-5-4-6-14(9-12)11-21-18(23)13(2)22(26(3,24)25)15-7-8-16(19)17(20)10-15/h4-10,13H,11H2,1-3H3,(H,21,23). The molecular weight excluding hydrogens is 395 g/mol. The Balaban J connectivity index is 2.22. The van der Waals surface area contributed by atoms with E-state index in [1.165, 1.54) is 25.1 Å². The first-order valence-electron chi connectivity index (χ1n) is 7.87. The van der Waals surface area contributed by atoms with Gasteiger partial charge in [-0.25, -0.2) is 8.42 Å². The van der Waals surface area contributed by atoms with Gasteiger partial charge in [-0.05, 0) is 37.6 Å². The van der Waals surface area contributed by atoms with Gasteiger partial charge in [0.2, 0.25) is 15.9 Å². The van der Waals surface area contributed by atoms with E-state index in [0.717, 1.165) is 21.7 Å². The van der Waals surface area contributed by atoms with Gasteiger partial charge in [-0.3, -0.25) is 9.10 Å². The van der Waals surface area contributed by atoms with E-state index in [1.54, 1.807) is 0 Å². The number of rotatable bonds is 6. The molecule has 0 aliphatic carbocycles. The molecule has 2 rings (SSSR count). The Morgan fingerprint density at radius 2 is 1.85 bits per heavy atom. The van der Waals surface area contributed by atoms with E-state index in [1.807, 2.05) is 31.2 Å². The second-order valence-corrected chi connectivity index (χ2v) is 8.71. The van der Waals surface area contributed by atoms with Crippen LogP contribution in [0.3, 0.4) is 0 Å². The van der Waals surface area contributed by atoms with Crippen molar-refractivity contribution in [2.24, 2.45) is 0 Å². The fraction of sp³-hybridized carbons (Fsp3) is 0.278. The largest absolute Gasteiger partial charge is 0.350 e. The van der Waals surface area contributed by atoms with Crippen molar-refractivity contribution in [2.45, 2.75) is 26.4 Å². The molecule has 1 atom stereocenters. The predicted molar refractivity (Wildman–Crippen MR) is 106 cm³/mol. The molecule has 2 aromatic carbocycles. The number of amides is 1. The van der Waals surface area contributed by atoms with Gasteiger partial charge >= 0.3 is 0 Å². The highest BCUT2D eigenvalue weighted by atomic mass is 35.5. The molecule has 0 saturated heterocycles. The number of hydrogen-bond acceptors (Lipinski definition) is 3. The number of halogens is 2. The molecule has 26 heavy (non-hydrogen) atoms. The Bertz CT molecular complexity index is 916. The van der Waals surface area contributed by atoms with Crippen LogP contribution in [0.25, 0.3) is 0 Å². The molecule has 0 heterocycles. The molecule has 8 heteroatoms. The van der Waals surface area contributed by atoms with Crippen LogP contribution in [0.1, 0.15) is 18.1 Å². The Hall–Kier alpha value is -1.76. The monoisotopic (exact) mass is 414 g/mol. The Morgan fingerprint density at radius 1 is 1.15 bits per heavy atom. The van der Waals surface area contributed by atoms with Crippen LogP contribution in [0.5, 0.6) is 0 Å². The third kappa shape index (κ3) is 5.13. The summed E-state index contributed by atoms with van der Waals surface area (Å²) < 4.78 is 25.6. The van der Waals surface area contributed by atoms with E-state index in [9.17, 15) is 13.2 Å². The van der Waals surface area contributed by atoms with Gasteiger partial charge in [-0.15, -0.1) is 0 Å². The van der Waals surface area contributed by atoms with Crippen LogP contribution in [0, 0.1) is 6.92 Å². The van der Waals surface area contributed by atoms with E-state index in [0.29, 0.717) is 11.6 Å². The fourth-order valence-corrected chi connectivity index (χ4v) is 4.05. The van der Waals surface area contributed by atoms with E-state index in [4.69, 9.17) is 23.2 Å². The van der Waals surface area contributed by atoms with E-state index in [2.05, 4.69) is 5.32 Å². The third-order valence-electron chi connectivity index (χ3n) is 3.80. The second-order valence-electron chi connectivity index (χ2n) is 6.04. The molecule has 140 valence electrons. The Kier molecular flexibility index (Phi) is 6.55. The van der Waals surface area contributed by atoms with E-state index < -0.39 is 22.0 Å². The summed E-state index contributed by atoms with van der Waals surface area (Å²) in [6.07, 6.45) is 1.04. The average molecular weight is 415 g/mol. The first-order valence-corrected chi connectivity index (χ1v) is 10.5. The van der Waals surface area contributed by atoms with E-state index in [-0.39, 0.29) is 10.7 Å². The molecule has 0 aromatic heterocycles. The predicted octanol–water partition coefficient (Wildman–Crippen LogP) is 3.77. The van der Waals surface area contributed by atoms with Crippen LogP contribution in [-0.2, 0) is 21.4 Å². The number of sulfonamides is 1. The first-order chi connectivity index (χ1) is 12.1. The van der Waals surface area contributed by atoms with Crippen LogP contribution in [0.4, 0.5) is 5.69 Å². The van der Waals surface area contributed by atoms with Crippen molar-refractivity contribution in [1.82, 2.24) is 5.32 Å². The van der Waals surface area contributed by atoms with Gasteiger partial charge in [0.15, 0.2) is 0 Å². The summed E-state index contributed by atoms with van der Waals surface area (Å²) in [7, 11) is -3.71. The smallest absolute Gasteiger partial charge is 0.243 e. The van der Waals surface area contributed by atoms with Crippen molar-refractivity contribution in [3.8, 4) is 0 Å². The zero-order valence-electron chi connectivity index (χ0n) is 14.7. The Labute approximate surface area is 164 Å². The summed E-state index contributed by atoms with van der Waals surface area (Å²) >= 11 is 11.9. The molecular formula is C18H20Cl2N2O3S. The second kappa shape index (κ2) is 8.29. The summed E-state index contributed by atoms with van der Waals surface area (Å²) in [5.41, 5.74) is 2.30. The topological polar surface area (TPSA) is 66.5 Å². The summed E-state index contributed by atoms with van der Waals surface area (Å²) in [5, 5.41) is 3.29. The van der Waals surface area contributed by atoms with Crippen molar-refractivity contribution >= 4 is 44.8 Å². The number of carbonyl (C=O) groups is 1. The molecule has 1 amide bonds. The molecule has 0 aliphatic rings. The molecule has 0 aliphatic heterocycles. The maximum absolute atomic E-state index is 12.5.